The highest BCUT2D eigenvalue weighted by molar-refractivity contribution is 9.08. The number of halogens is 1. The van der Waals surface area contributed by atoms with Crippen molar-refractivity contribution in [2.24, 2.45) is 0 Å². The molecule has 1 aromatic heterocycles. The smallest absolute Gasteiger partial charge is 0.423 e. The molecule has 0 amide bonds. The Bertz CT molecular complexity index is 217. The molecule has 0 bridgehead atoms. The Kier molecular flexibility index (Phi) is 2.85. The van der Waals surface area contributed by atoms with E-state index in [1.165, 1.54) is 17.5 Å². The molecule has 0 saturated heterocycles. The van der Waals surface area contributed by atoms with Gasteiger partial charge in [-0.1, -0.05) is 15.9 Å². The van der Waals surface area contributed by atoms with Gasteiger partial charge in [-0.2, -0.15) is 0 Å². The van der Waals surface area contributed by atoms with Gasteiger partial charge in [0.2, 0.25) is 0 Å². The standard InChI is InChI=1S/C4H5BBrNO2S/c6-1-4-7-2-3(10-4)5(8)9/h2,8-9H,1H2. The van der Waals surface area contributed by atoms with Gasteiger partial charge in [0, 0.05) is 6.20 Å². The van der Waals surface area contributed by atoms with Crippen molar-refractivity contribution in [2.75, 3.05) is 0 Å². The average Bonchev–Trinajstić information content (AvgIpc) is 2.34. The first kappa shape index (κ1) is 8.19. The number of aromatic nitrogens is 1. The normalized spacial score (nSPS) is 9.90. The van der Waals surface area contributed by atoms with Gasteiger partial charge in [-0.05, 0) is 0 Å². The molecule has 0 saturated carbocycles. The molecular formula is C4H5BBrNO2S. The molecular weight excluding hydrogens is 217 g/mol. The van der Waals surface area contributed by atoms with Gasteiger partial charge in [0.1, 0.15) is 5.01 Å². The summed E-state index contributed by atoms with van der Waals surface area (Å²) in [7, 11) is -1.38. The molecule has 2 N–H and O–H groups in total. The largest absolute Gasteiger partial charge is 0.500 e. The van der Waals surface area contributed by atoms with E-state index in [4.69, 9.17) is 10.0 Å². The Labute approximate surface area is 71.0 Å². The molecule has 0 atom stereocenters. The first-order chi connectivity index (χ1) is 4.74. The summed E-state index contributed by atoms with van der Waals surface area (Å²) in [6, 6.07) is 0. The van der Waals surface area contributed by atoms with Crippen LogP contribution < -0.4 is 4.78 Å². The maximum absolute atomic E-state index is 8.64. The number of hydrogen-bond donors (Lipinski definition) is 2. The number of nitrogens with zero attached hydrogens (tertiary/aromatic N) is 1. The van der Waals surface area contributed by atoms with Crippen LogP contribution in [-0.4, -0.2) is 22.2 Å². The van der Waals surface area contributed by atoms with E-state index < -0.39 is 7.12 Å². The van der Waals surface area contributed by atoms with Gasteiger partial charge >= 0.3 is 7.12 Å². The summed E-state index contributed by atoms with van der Waals surface area (Å²) in [6.45, 7) is 0. The minimum Gasteiger partial charge on any atom is -0.423 e. The van der Waals surface area contributed by atoms with Crippen molar-refractivity contribution in [2.45, 2.75) is 5.33 Å². The lowest BCUT2D eigenvalue weighted by atomic mass is 9.91. The number of thiazole rings is 1. The van der Waals surface area contributed by atoms with E-state index in [9.17, 15) is 0 Å². The fourth-order valence-electron chi connectivity index (χ4n) is 0.506. The molecule has 0 spiro atoms. The van der Waals surface area contributed by atoms with Gasteiger partial charge in [-0.15, -0.1) is 11.3 Å². The van der Waals surface area contributed by atoms with Crippen molar-refractivity contribution in [3.63, 3.8) is 0 Å². The maximum Gasteiger partial charge on any atom is 0.500 e. The monoisotopic (exact) mass is 221 g/mol. The number of alkyl halides is 1. The predicted octanol–water partition coefficient (Wildman–Crippen LogP) is -0.282. The second-order valence-electron chi connectivity index (χ2n) is 1.66. The van der Waals surface area contributed by atoms with Crippen LogP contribution in [0.25, 0.3) is 0 Å². The van der Waals surface area contributed by atoms with E-state index >= 15 is 0 Å². The zero-order valence-corrected chi connectivity index (χ0v) is 7.39. The van der Waals surface area contributed by atoms with Gasteiger partial charge in [-0.3, -0.25) is 0 Å². The van der Waals surface area contributed by atoms with Gasteiger partial charge in [0.05, 0.1) is 10.1 Å². The fourth-order valence-corrected chi connectivity index (χ4v) is 1.64. The molecule has 6 heteroatoms. The summed E-state index contributed by atoms with van der Waals surface area (Å²) in [4.78, 5) is 3.91. The number of rotatable bonds is 2. The Morgan fingerprint density at radius 1 is 1.70 bits per heavy atom. The van der Waals surface area contributed by atoms with Crippen molar-refractivity contribution in [3.8, 4) is 0 Å². The first-order valence-electron chi connectivity index (χ1n) is 2.60. The minimum atomic E-state index is -1.38. The topological polar surface area (TPSA) is 53.4 Å². The summed E-state index contributed by atoms with van der Waals surface area (Å²) in [6.07, 6.45) is 1.46. The van der Waals surface area contributed by atoms with Crippen molar-refractivity contribution >= 4 is 39.2 Å². The molecule has 0 aliphatic carbocycles. The summed E-state index contributed by atoms with van der Waals surface area (Å²) in [5.41, 5.74) is 0. The third-order valence-electron chi connectivity index (χ3n) is 0.940. The SMILES string of the molecule is OB(O)c1cnc(CBr)s1. The third-order valence-corrected chi connectivity index (χ3v) is 2.88. The Balaban J connectivity index is 2.78. The highest BCUT2D eigenvalue weighted by atomic mass is 79.9. The molecule has 1 heterocycles. The molecule has 3 nitrogen and oxygen atoms in total. The molecule has 0 fully saturated rings. The van der Waals surface area contributed by atoms with Crippen LogP contribution in [0, 0.1) is 0 Å². The fraction of sp³-hybridized carbons (Fsp3) is 0.250. The van der Waals surface area contributed by atoms with Crippen molar-refractivity contribution in [1.29, 1.82) is 0 Å². The molecule has 10 heavy (non-hydrogen) atoms. The van der Waals surface area contributed by atoms with Crippen LogP contribution in [0.2, 0.25) is 0 Å². The van der Waals surface area contributed by atoms with E-state index in [1.807, 2.05) is 0 Å². The highest BCUT2D eigenvalue weighted by Crippen LogP contribution is 2.06. The molecule has 0 aliphatic heterocycles. The van der Waals surface area contributed by atoms with Gasteiger partial charge in [0.15, 0.2) is 0 Å². The van der Waals surface area contributed by atoms with Gasteiger partial charge in [0.25, 0.3) is 0 Å². The van der Waals surface area contributed by atoms with Crippen LogP contribution in [0.15, 0.2) is 6.20 Å². The van der Waals surface area contributed by atoms with E-state index in [0.717, 1.165) is 5.01 Å². The van der Waals surface area contributed by atoms with Crippen LogP contribution in [0.4, 0.5) is 0 Å². The third kappa shape index (κ3) is 1.79. The van der Waals surface area contributed by atoms with Crippen molar-refractivity contribution in [1.82, 2.24) is 4.98 Å². The average molecular weight is 222 g/mol. The second kappa shape index (κ2) is 3.48. The summed E-state index contributed by atoms with van der Waals surface area (Å²) in [5, 5.41) is 18.8. The molecule has 1 aromatic rings. The van der Waals surface area contributed by atoms with Crippen molar-refractivity contribution in [3.05, 3.63) is 11.2 Å². The molecule has 54 valence electrons. The first-order valence-corrected chi connectivity index (χ1v) is 4.54. The molecule has 0 aliphatic rings. The summed E-state index contributed by atoms with van der Waals surface area (Å²) >= 11 is 4.49. The van der Waals surface area contributed by atoms with E-state index in [-0.39, 0.29) is 0 Å². The lowest BCUT2D eigenvalue weighted by molar-refractivity contribution is 0.427. The van der Waals surface area contributed by atoms with E-state index in [0.29, 0.717) is 10.1 Å². The zero-order valence-electron chi connectivity index (χ0n) is 4.99. The molecule has 1 rings (SSSR count). The van der Waals surface area contributed by atoms with E-state index in [1.54, 1.807) is 0 Å². The van der Waals surface area contributed by atoms with Gasteiger partial charge < -0.3 is 10.0 Å². The van der Waals surface area contributed by atoms with Crippen LogP contribution in [0.1, 0.15) is 5.01 Å². The summed E-state index contributed by atoms with van der Waals surface area (Å²) < 4.78 is 0.481. The Morgan fingerprint density at radius 3 is 2.70 bits per heavy atom. The Hall–Kier alpha value is 0.0949. The molecule has 0 aromatic carbocycles. The van der Waals surface area contributed by atoms with Crippen molar-refractivity contribution < 1.29 is 10.0 Å². The zero-order chi connectivity index (χ0) is 7.56. The number of hydrogen-bond acceptors (Lipinski definition) is 4. The lowest BCUT2D eigenvalue weighted by Gasteiger charge is -1.87. The molecule has 0 radical (unpaired) electrons. The van der Waals surface area contributed by atoms with Crippen LogP contribution in [0.5, 0.6) is 0 Å². The Morgan fingerprint density at radius 2 is 2.40 bits per heavy atom. The van der Waals surface area contributed by atoms with Crippen LogP contribution >= 0.6 is 27.3 Å². The van der Waals surface area contributed by atoms with Crippen LogP contribution in [-0.2, 0) is 5.33 Å². The quantitative estimate of drug-likeness (QED) is 0.534. The molecule has 0 unspecified atom stereocenters. The highest BCUT2D eigenvalue weighted by Gasteiger charge is 2.13. The predicted molar refractivity (Wildman–Crippen MR) is 44.6 cm³/mol. The van der Waals surface area contributed by atoms with E-state index in [2.05, 4.69) is 20.9 Å². The maximum atomic E-state index is 8.64. The van der Waals surface area contributed by atoms with Crippen LogP contribution in [0.3, 0.4) is 0 Å². The second-order valence-corrected chi connectivity index (χ2v) is 3.37. The summed E-state index contributed by atoms with van der Waals surface area (Å²) in [5.74, 6) is 0. The van der Waals surface area contributed by atoms with Gasteiger partial charge in [-0.25, -0.2) is 4.98 Å². The lowest BCUT2D eigenvalue weighted by Crippen LogP contribution is -2.26. The minimum absolute atomic E-state index is 0.481.